The lowest BCUT2D eigenvalue weighted by atomic mass is 9.86. The van der Waals surface area contributed by atoms with Crippen LogP contribution in [0.4, 0.5) is 0 Å². The van der Waals surface area contributed by atoms with Crippen LogP contribution >= 0.6 is 11.6 Å². The van der Waals surface area contributed by atoms with Gasteiger partial charge < -0.3 is 4.74 Å². The Labute approximate surface area is 176 Å². The smallest absolute Gasteiger partial charge is 0.337 e. The van der Waals surface area contributed by atoms with Gasteiger partial charge >= 0.3 is 5.97 Å². The molecule has 0 aliphatic carbocycles. The molecule has 0 aromatic heterocycles. The van der Waals surface area contributed by atoms with Crippen LogP contribution in [0.25, 0.3) is 0 Å². The molecule has 3 rings (SSSR count). The van der Waals surface area contributed by atoms with Gasteiger partial charge in [-0.3, -0.25) is 4.79 Å². The Morgan fingerprint density at radius 2 is 1.59 bits per heavy atom. The van der Waals surface area contributed by atoms with E-state index in [1.54, 1.807) is 6.07 Å². The Bertz CT molecular complexity index is 965. The van der Waals surface area contributed by atoms with Gasteiger partial charge in [-0.15, -0.1) is 0 Å². The van der Waals surface area contributed by atoms with Gasteiger partial charge in [0.15, 0.2) is 5.78 Å². The quantitative estimate of drug-likeness (QED) is 0.334. The van der Waals surface area contributed by atoms with E-state index in [0.717, 1.165) is 24.0 Å². The molecule has 0 radical (unpaired) electrons. The maximum atomic E-state index is 12.9. The summed E-state index contributed by atoms with van der Waals surface area (Å²) in [5.74, 6) is -0.296. The van der Waals surface area contributed by atoms with Gasteiger partial charge in [-0.1, -0.05) is 66.2 Å². The van der Waals surface area contributed by atoms with Gasteiger partial charge in [0, 0.05) is 17.0 Å². The highest BCUT2D eigenvalue weighted by Gasteiger charge is 2.19. The number of aryl methyl sites for hydroxylation is 1. The van der Waals surface area contributed by atoms with Gasteiger partial charge in [0.1, 0.15) is 0 Å². The fourth-order valence-electron chi connectivity index (χ4n) is 3.38. The average molecular weight is 407 g/mol. The summed E-state index contributed by atoms with van der Waals surface area (Å²) in [6.07, 6.45) is 1.97. The van der Waals surface area contributed by atoms with E-state index in [1.807, 2.05) is 72.8 Å². The molecule has 0 N–H and O–H groups in total. The Balaban J connectivity index is 1.83. The van der Waals surface area contributed by atoms with Crippen LogP contribution in [0.1, 0.15) is 50.6 Å². The molecular formula is C25H23ClO3. The predicted molar refractivity (Wildman–Crippen MR) is 116 cm³/mol. The van der Waals surface area contributed by atoms with Crippen molar-refractivity contribution in [3.63, 3.8) is 0 Å². The number of ketones is 1. The second kappa shape index (κ2) is 10.0. The SMILES string of the molecule is COC(=O)c1cccc(C(CCc2ccc(Cl)cc2)CC(=O)c2ccccc2)c1. The van der Waals surface area contributed by atoms with Gasteiger partial charge in [0.2, 0.25) is 0 Å². The molecule has 1 atom stereocenters. The lowest BCUT2D eigenvalue weighted by molar-refractivity contribution is 0.0600. The standard InChI is InChI=1S/C25H23ClO3/c1-29-25(28)22-9-5-8-20(16-22)21(13-10-18-11-14-23(26)15-12-18)17-24(27)19-6-3-2-4-7-19/h2-9,11-12,14-16,21H,10,13,17H2,1H3. The van der Waals surface area contributed by atoms with Gasteiger partial charge in [0.05, 0.1) is 12.7 Å². The number of halogens is 1. The largest absolute Gasteiger partial charge is 0.465 e. The molecule has 0 aliphatic heterocycles. The van der Waals surface area contributed by atoms with Crippen LogP contribution in [0.5, 0.6) is 0 Å². The number of hydrogen-bond donors (Lipinski definition) is 0. The zero-order chi connectivity index (χ0) is 20.6. The summed E-state index contributed by atoms with van der Waals surface area (Å²) in [6.45, 7) is 0. The number of hydrogen-bond acceptors (Lipinski definition) is 3. The van der Waals surface area contributed by atoms with Crippen molar-refractivity contribution < 1.29 is 14.3 Å². The van der Waals surface area contributed by atoms with Gasteiger partial charge in [-0.05, 0) is 54.2 Å². The number of benzene rings is 3. The highest BCUT2D eigenvalue weighted by Crippen LogP contribution is 2.28. The molecule has 3 aromatic rings. The van der Waals surface area contributed by atoms with Crippen LogP contribution in [0.3, 0.4) is 0 Å². The lowest BCUT2D eigenvalue weighted by Crippen LogP contribution is -2.10. The van der Waals surface area contributed by atoms with Crippen molar-refractivity contribution in [1.29, 1.82) is 0 Å². The van der Waals surface area contributed by atoms with Crippen LogP contribution < -0.4 is 0 Å². The van der Waals surface area contributed by atoms with Crippen LogP contribution in [0.15, 0.2) is 78.9 Å². The number of rotatable bonds is 8. The topological polar surface area (TPSA) is 43.4 Å². The number of carbonyl (C=O) groups excluding carboxylic acids is 2. The third-order valence-electron chi connectivity index (χ3n) is 5.00. The molecule has 0 bridgehead atoms. The predicted octanol–water partition coefficient (Wildman–Crippen LogP) is 6.12. The van der Waals surface area contributed by atoms with Crippen molar-refractivity contribution >= 4 is 23.4 Å². The summed E-state index contributed by atoms with van der Waals surface area (Å²) in [5, 5.41) is 0.704. The minimum Gasteiger partial charge on any atom is -0.465 e. The van der Waals surface area contributed by atoms with Crippen molar-refractivity contribution in [2.75, 3.05) is 7.11 Å². The Morgan fingerprint density at radius 3 is 2.28 bits per heavy atom. The Kier molecular flexibility index (Phi) is 7.20. The molecule has 29 heavy (non-hydrogen) atoms. The second-order valence-electron chi connectivity index (χ2n) is 6.97. The molecule has 148 valence electrons. The molecule has 3 aromatic carbocycles. The Morgan fingerprint density at radius 1 is 0.897 bits per heavy atom. The summed E-state index contributed by atoms with van der Waals surface area (Å²) < 4.78 is 4.84. The van der Waals surface area contributed by atoms with Crippen LogP contribution in [-0.2, 0) is 11.2 Å². The van der Waals surface area contributed by atoms with Gasteiger partial charge in [-0.25, -0.2) is 4.79 Å². The van der Waals surface area contributed by atoms with Crippen LogP contribution in [0.2, 0.25) is 5.02 Å². The van der Waals surface area contributed by atoms with Crippen molar-refractivity contribution in [1.82, 2.24) is 0 Å². The molecule has 1 unspecified atom stereocenters. The number of Topliss-reactive ketones (excluding diaryl/α,β-unsaturated/α-hetero) is 1. The van der Waals surface area contributed by atoms with E-state index in [9.17, 15) is 9.59 Å². The third kappa shape index (κ3) is 5.78. The summed E-state index contributed by atoms with van der Waals surface area (Å²) in [6, 6.07) is 24.4. The summed E-state index contributed by atoms with van der Waals surface area (Å²) in [4.78, 5) is 24.8. The summed E-state index contributed by atoms with van der Waals surface area (Å²) in [5.41, 5.74) is 3.32. The maximum Gasteiger partial charge on any atom is 0.337 e. The first-order valence-corrected chi connectivity index (χ1v) is 9.95. The second-order valence-corrected chi connectivity index (χ2v) is 7.41. The third-order valence-corrected chi connectivity index (χ3v) is 5.25. The van der Waals surface area contributed by atoms with E-state index >= 15 is 0 Å². The molecule has 0 spiro atoms. The maximum absolute atomic E-state index is 12.9. The van der Waals surface area contributed by atoms with E-state index in [-0.39, 0.29) is 17.7 Å². The van der Waals surface area contributed by atoms with E-state index in [2.05, 4.69) is 0 Å². The zero-order valence-electron chi connectivity index (χ0n) is 16.3. The molecule has 0 saturated carbocycles. The van der Waals surface area contributed by atoms with Crippen LogP contribution in [0, 0.1) is 0 Å². The molecule has 0 heterocycles. The molecule has 0 saturated heterocycles. The Hall–Kier alpha value is -2.91. The number of methoxy groups -OCH3 is 1. The fourth-order valence-corrected chi connectivity index (χ4v) is 3.51. The van der Waals surface area contributed by atoms with Crippen molar-refractivity contribution in [2.24, 2.45) is 0 Å². The first-order chi connectivity index (χ1) is 14.1. The van der Waals surface area contributed by atoms with Crippen molar-refractivity contribution in [3.05, 3.63) is 106 Å². The monoisotopic (exact) mass is 406 g/mol. The minimum absolute atomic E-state index is 0.0111. The number of esters is 1. The van der Waals surface area contributed by atoms with Crippen LogP contribution in [-0.4, -0.2) is 18.9 Å². The highest BCUT2D eigenvalue weighted by molar-refractivity contribution is 6.30. The number of carbonyl (C=O) groups is 2. The van der Waals surface area contributed by atoms with Gasteiger partial charge in [0.25, 0.3) is 0 Å². The molecular weight excluding hydrogens is 384 g/mol. The summed E-state index contributed by atoms with van der Waals surface area (Å²) in [7, 11) is 1.37. The lowest BCUT2D eigenvalue weighted by Gasteiger charge is -2.18. The average Bonchev–Trinajstić information content (AvgIpc) is 2.77. The van der Waals surface area contributed by atoms with E-state index in [1.165, 1.54) is 7.11 Å². The summed E-state index contributed by atoms with van der Waals surface area (Å²) >= 11 is 5.98. The van der Waals surface area contributed by atoms with Crippen molar-refractivity contribution in [2.45, 2.75) is 25.2 Å². The molecule has 0 fully saturated rings. The first kappa shape index (κ1) is 20.8. The minimum atomic E-state index is -0.377. The zero-order valence-corrected chi connectivity index (χ0v) is 17.1. The molecule has 0 aliphatic rings. The normalized spacial score (nSPS) is 11.7. The van der Waals surface area contributed by atoms with E-state index in [4.69, 9.17) is 16.3 Å². The fraction of sp³-hybridized carbons (Fsp3) is 0.200. The van der Waals surface area contributed by atoms with Crippen molar-refractivity contribution in [3.8, 4) is 0 Å². The highest BCUT2D eigenvalue weighted by atomic mass is 35.5. The first-order valence-electron chi connectivity index (χ1n) is 9.58. The molecule has 3 nitrogen and oxygen atoms in total. The molecule has 0 amide bonds. The van der Waals surface area contributed by atoms with E-state index < -0.39 is 0 Å². The van der Waals surface area contributed by atoms with Gasteiger partial charge in [-0.2, -0.15) is 0 Å². The van der Waals surface area contributed by atoms with E-state index in [0.29, 0.717) is 22.6 Å². The number of ether oxygens (including phenoxy) is 1. The molecule has 4 heteroatoms.